The molecule has 1 heterocycles. The summed E-state index contributed by atoms with van der Waals surface area (Å²) in [7, 11) is 0. The lowest BCUT2D eigenvalue weighted by atomic mass is 9.77. The molecule has 156 valence electrons. The van der Waals surface area contributed by atoms with Gasteiger partial charge in [0.2, 0.25) is 0 Å². The minimum atomic E-state index is -1.51. The zero-order valence-electron chi connectivity index (χ0n) is 17.1. The quantitative estimate of drug-likeness (QED) is 0.451. The van der Waals surface area contributed by atoms with Crippen LogP contribution in [-0.2, 0) is 14.3 Å². The van der Waals surface area contributed by atoms with Gasteiger partial charge in [-0.15, -0.1) is 0 Å². The molecule has 1 saturated heterocycles. The molecule has 1 saturated carbocycles. The lowest BCUT2D eigenvalue weighted by molar-refractivity contribution is -0.237. The van der Waals surface area contributed by atoms with E-state index in [4.69, 9.17) is 14.2 Å². The molecule has 0 aromatic heterocycles. The van der Waals surface area contributed by atoms with Crippen molar-refractivity contribution >= 4 is 5.97 Å². The topological polar surface area (TPSA) is 44.8 Å². The van der Waals surface area contributed by atoms with Gasteiger partial charge in [-0.3, -0.25) is 0 Å². The molecule has 1 aromatic rings. The first-order chi connectivity index (χ1) is 13.5. The first-order valence-electron chi connectivity index (χ1n) is 10.8. The van der Waals surface area contributed by atoms with E-state index in [-0.39, 0.29) is 13.2 Å². The van der Waals surface area contributed by atoms with Gasteiger partial charge < -0.3 is 14.2 Å². The molecular formula is C23H33FO4. The lowest BCUT2D eigenvalue weighted by Crippen LogP contribution is -2.47. The minimum absolute atomic E-state index is 0.139. The molecule has 4 nitrogen and oxygen atoms in total. The van der Waals surface area contributed by atoms with Gasteiger partial charge in [-0.05, 0) is 61.6 Å². The molecule has 1 aromatic carbocycles. The van der Waals surface area contributed by atoms with Gasteiger partial charge in [0.1, 0.15) is 5.75 Å². The summed E-state index contributed by atoms with van der Waals surface area (Å²) in [6, 6.07) is 7.74. The molecule has 2 fully saturated rings. The van der Waals surface area contributed by atoms with Crippen LogP contribution < -0.4 is 4.74 Å². The van der Waals surface area contributed by atoms with Crippen molar-refractivity contribution in [2.24, 2.45) is 5.92 Å². The third kappa shape index (κ3) is 5.54. The largest absolute Gasteiger partial charge is 0.423 e. The van der Waals surface area contributed by atoms with Crippen molar-refractivity contribution in [3.63, 3.8) is 0 Å². The Hall–Kier alpha value is -1.46. The van der Waals surface area contributed by atoms with Crippen molar-refractivity contribution in [1.29, 1.82) is 0 Å². The van der Waals surface area contributed by atoms with E-state index in [0.717, 1.165) is 5.92 Å². The second kappa shape index (κ2) is 9.84. The van der Waals surface area contributed by atoms with Crippen LogP contribution in [0.15, 0.2) is 24.3 Å². The van der Waals surface area contributed by atoms with Gasteiger partial charge in [-0.2, -0.15) is 0 Å². The number of alkyl halides is 1. The van der Waals surface area contributed by atoms with E-state index in [9.17, 15) is 9.18 Å². The summed E-state index contributed by atoms with van der Waals surface area (Å²) in [5.74, 6) is 1.31. The van der Waals surface area contributed by atoms with E-state index >= 15 is 0 Å². The fourth-order valence-electron chi connectivity index (χ4n) is 4.43. The van der Waals surface area contributed by atoms with E-state index in [2.05, 4.69) is 6.92 Å². The number of hydrogen-bond donors (Lipinski definition) is 0. The molecule has 0 radical (unpaired) electrons. The van der Waals surface area contributed by atoms with Crippen molar-refractivity contribution in [1.82, 2.24) is 0 Å². The average molecular weight is 393 g/mol. The van der Waals surface area contributed by atoms with Crippen LogP contribution >= 0.6 is 0 Å². The van der Waals surface area contributed by atoms with Gasteiger partial charge in [-0.1, -0.05) is 45.2 Å². The highest BCUT2D eigenvalue weighted by Gasteiger charge is 2.39. The average Bonchev–Trinajstić information content (AvgIpc) is 2.70. The molecule has 1 aliphatic carbocycles. The maximum Gasteiger partial charge on any atom is 0.368 e. The summed E-state index contributed by atoms with van der Waals surface area (Å²) in [6.45, 7) is 3.89. The number of benzene rings is 1. The number of ether oxygens (including phenoxy) is 3. The number of hydrogen-bond acceptors (Lipinski definition) is 4. The summed E-state index contributed by atoms with van der Waals surface area (Å²) < 4.78 is 30.2. The Kier molecular flexibility index (Phi) is 7.47. The Balaban J connectivity index is 1.47. The van der Waals surface area contributed by atoms with Crippen LogP contribution in [0, 0.1) is 5.92 Å². The Morgan fingerprint density at radius 1 is 1.07 bits per heavy atom. The van der Waals surface area contributed by atoms with E-state index in [0.29, 0.717) is 24.5 Å². The Bertz CT molecular complexity index is 614. The smallest absolute Gasteiger partial charge is 0.368 e. The molecule has 0 atom stereocenters. The van der Waals surface area contributed by atoms with Crippen LogP contribution in [0.1, 0.15) is 76.7 Å². The van der Waals surface area contributed by atoms with Crippen molar-refractivity contribution < 1.29 is 23.4 Å². The maximum atomic E-state index is 14.3. The Morgan fingerprint density at radius 3 is 2.29 bits per heavy atom. The lowest BCUT2D eigenvalue weighted by Gasteiger charge is -2.32. The third-order valence-corrected chi connectivity index (χ3v) is 5.99. The molecule has 0 bridgehead atoms. The maximum absolute atomic E-state index is 14.3. The first-order valence-corrected chi connectivity index (χ1v) is 10.8. The number of rotatable bonds is 7. The number of esters is 1. The zero-order valence-corrected chi connectivity index (χ0v) is 17.1. The van der Waals surface area contributed by atoms with Gasteiger partial charge in [0.25, 0.3) is 6.29 Å². The fourth-order valence-corrected chi connectivity index (χ4v) is 4.43. The minimum Gasteiger partial charge on any atom is -0.423 e. The summed E-state index contributed by atoms with van der Waals surface area (Å²) >= 11 is 0. The third-order valence-electron chi connectivity index (χ3n) is 5.99. The van der Waals surface area contributed by atoms with Crippen LogP contribution in [0.4, 0.5) is 4.39 Å². The zero-order chi connectivity index (χ0) is 20.0. The molecule has 2 aliphatic rings. The normalized spacial score (nSPS) is 30.8. The predicted octanol–water partition coefficient (Wildman–Crippen LogP) is 5.55. The standard InChI is InChI=1S/C23H33FO4/c1-3-5-17-6-8-18(9-7-17)19-10-12-20(13-11-19)28-21(25)22-26-15-23(24,14-4-2)16-27-22/h10-13,17-18,22H,3-9,14-16H2,1-2H3. The monoisotopic (exact) mass is 392 g/mol. The van der Waals surface area contributed by atoms with E-state index < -0.39 is 17.9 Å². The van der Waals surface area contributed by atoms with Crippen LogP contribution in [0.25, 0.3) is 0 Å². The highest BCUT2D eigenvalue weighted by atomic mass is 19.1. The Morgan fingerprint density at radius 2 is 1.71 bits per heavy atom. The van der Waals surface area contributed by atoms with Crippen molar-refractivity contribution in [3.8, 4) is 5.75 Å². The molecule has 3 rings (SSSR count). The summed E-state index contributed by atoms with van der Waals surface area (Å²) in [5.41, 5.74) is -0.203. The molecule has 0 N–H and O–H groups in total. The van der Waals surface area contributed by atoms with Gasteiger partial charge >= 0.3 is 5.97 Å². The molecule has 0 unspecified atom stereocenters. The molecule has 0 amide bonds. The SMILES string of the molecule is CCCC1CCC(c2ccc(OC(=O)C3OCC(F)(CCC)CO3)cc2)CC1. The van der Waals surface area contributed by atoms with E-state index in [1.807, 2.05) is 31.2 Å². The van der Waals surface area contributed by atoms with E-state index in [1.165, 1.54) is 44.1 Å². The number of carbonyl (C=O) groups is 1. The summed E-state index contributed by atoms with van der Waals surface area (Å²) in [4.78, 5) is 12.2. The fraction of sp³-hybridized carbons (Fsp3) is 0.696. The van der Waals surface area contributed by atoms with Crippen LogP contribution in [-0.4, -0.2) is 31.1 Å². The molecule has 1 aliphatic heterocycles. The summed E-state index contributed by atoms with van der Waals surface area (Å²) in [5, 5.41) is 0. The summed E-state index contributed by atoms with van der Waals surface area (Å²) in [6.07, 6.45) is 7.59. The van der Waals surface area contributed by atoms with Crippen LogP contribution in [0.5, 0.6) is 5.75 Å². The predicted molar refractivity (Wildman–Crippen MR) is 106 cm³/mol. The Labute approximate surface area is 167 Å². The number of halogens is 1. The molecule has 0 spiro atoms. The second-order valence-electron chi connectivity index (χ2n) is 8.35. The molecule has 28 heavy (non-hydrogen) atoms. The molecule has 5 heteroatoms. The van der Waals surface area contributed by atoms with Crippen LogP contribution in [0.2, 0.25) is 0 Å². The first kappa shape index (κ1) is 21.3. The van der Waals surface area contributed by atoms with Gasteiger partial charge in [-0.25, -0.2) is 9.18 Å². The van der Waals surface area contributed by atoms with Gasteiger partial charge in [0, 0.05) is 0 Å². The highest BCUT2D eigenvalue weighted by Crippen LogP contribution is 2.38. The van der Waals surface area contributed by atoms with Crippen LogP contribution in [0.3, 0.4) is 0 Å². The van der Waals surface area contributed by atoms with Crippen molar-refractivity contribution in [3.05, 3.63) is 29.8 Å². The van der Waals surface area contributed by atoms with Gasteiger partial charge in [0.15, 0.2) is 5.67 Å². The highest BCUT2D eigenvalue weighted by molar-refractivity contribution is 5.76. The van der Waals surface area contributed by atoms with Crippen molar-refractivity contribution in [2.75, 3.05) is 13.2 Å². The van der Waals surface area contributed by atoms with E-state index in [1.54, 1.807) is 0 Å². The number of carbonyl (C=O) groups excluding carboxylic acids is 1. The second-order valence-corrected chi connectivity index (χ2v) is 8.35. The van der Waals surface area contributed by atoms with Crippen molar-refractivity contribution in [2.45, 2.75) is 83.1 Å². The molecular weight excluding hydrogens is 359 g/mol. The van der Waals surface area contributed by atoms with Gasteiger partial charge in [0.05, 0.1) is 13.2 Å².